The molecule has 1 N–H and O–H groups in total. The summed E-state index contributed by atoms with van der Waals surface area (Å²) in [5.74, 6) is -0.511. The van der Waals surface area contributed by atoms with Crippen LogP contribution in [0.4, 0.5) is 5.69 Å². The number of hydrogen-bond acceptors (Lipinski definition) is 4. The molecule has 0 fully saturated rings. The monoisotopic (exact) mass is 333 g/mol. The normalized spacial score (nSPS) is 11.4. The number of hydrogen-bond donors (Lipinski definition) is 1. The van der Waals surface area contributed by atoms with Gasteiger partial charge in [0.2, 0.25) is 0 Å². The molecular weight excluding hydrogens is 318 g/mol. The van der Waals surface area contributed by atoms with Crippen molar-refractivity contribution in [1.82, 2.24) is 0 Å². The number of carbonyl (C=O) groups excluding carboxylic acids is 2. The first-order chi connectivity index (χ1) is 11.0. The highest BCUT2D eigenvalue weighted by molar-refractivity contribution is 6.30. The Balaban J connectivity index is 1.79. The second-order valence-electron chi connectivity index (χ2n) is 4.73. The van der Waals surface area contributed by atoms with Gasteiger partial charge in [-0.25, -0.2) is 4.79 Å². The van der Waals surface area contributed by atoms with Crippen LogP contribution in [0.25, 0.3) is 0 Å². The van der Waals surface area contributed by atoms with E-state index in [1.165, 1.54) is 6.92 Å². The number of ether oxygens (including phenoxy) is 2. The Morgan fingerprint density at radius 1 is 1.13 bits per heavy atom. The number of benzene rings is 2. The molecule has 0 aliphatic heterocycles. The summed E-state index contributed by atoms with van der Waals surface area (Å²) < 4.78 is 10.3. The lowest BCUT2D eigenvalue weighted by Crippen LogP contribution is -2.31. The third-order valence-electron chi connectivity index (χ3n) is 2.87. The van der Waals surface area contributed by atoms with E-state index in [1.54, 1.807) is 48.5 Å². The van der Waals surface area contributed by atoms with Crippen molar-refractivity contribution in [2.45, 2.75) is 13.0 Å². The van der Waals surface area contributed by atoms with E-state index in [4.69, 9.17) is 21.1 Å². The molecule has 1 unspecified atom stereocenters. The van der Waals surface area contributed by atoms with Crippen molar-refractivity contribution in [3.8, 4) is 5.75 Å². The van der Waals surface area contributed by atoms with Gasteiger partial charge in [-0.3, -0.25) is 4.79 Å². The summed E-state index contributed by atoms with van der Waals surface area (Å²) in [6.45, 7) is 1.22. The molecule has 0 radical (unpaired) electrons. The van der Waals surface area contributed by atoms with Crippen LogP contribution in [-0.4, -0.2) is 24.6 Å². The van der Waals surface area contributed by atoms with Crippen LogP contribution in [0.1, 0.15) is 6.92 Å². The zero-order valence-electron chi connectivity index (χ0n) is 12.5. The van der Waals surface area contributed by atoms with Crippen molar-refractivity contribution in [3.05, 3.63) is 59.6 Å². The third kappa shape index (κ3) is 5.64. The quantitative estimate of drug-likeness (QED) is 0.824. The van der Waals surface area contributed by atoms with Gasteiger partial charge in [0.25, 0.3) is 5.91 Å². The lowest BCUT2D eigenvalue weighted by molar-refractivity contribution is -0.155. The zero-order chi connectivity index (χ0) is 16.7. The van der Waals surface area contributed by atoms with Crippen LogP contribution in [-0.2, 0) is 14.3 Å². The molecule has 23 heavy (non-hydrogen) atoms. The van der Waals surface area contributed by atoms with Gasteiger partial charge in [0, 0.05) is 10.7 Å². The lowest BCUT2D eigenvalue weighted by atomic mass is 10.3. The number of nitrogens with one attached hydrogen (secondary N) is 1. The van der Waals surface area contributed by atoms with Crippen LogP contribution in [0.15, 0.2) is 54.6 Å². The van der Waals surface area contributed by atoms with Gasteiger partial charge in [-0.15, -0.1) is 0 Å². The predicted molar refractivity (Wildman–Crippen MR) is 87.6 cm³/mol. The molecule has 0 heterocycles. The minimum absolute atomic E-state index is 0.265. The highest BCUT2D eigenvalue weighted by Crippen LogP contribution is 2.15. The summed E-state index contributed by atoms with van der Waals surface area (Å²) in [4.78, 5) is 23.7. The van der Waals surface area contributed by atoms with E-state index in [-0.39, 0.29) is 6.61 Å². The first-order valence-electron chi connectivity index (χ1n) is 6.98. The molecule has 2 aromatic rings. The van der Waals surface area contributed by atoms with Crippen molar-refractivity contribution in [2.24, 2.45) is 0 Å². The molecule has 0 aromatic heterocycles. The zero-order valence-corrected chi connectivity index (χ0v) is 13.2. The minimum Gasteiger partial charge on any atom is -0.482 e. The summed E-state index contributed by atoms with van der Waals surface area (Å²) in [5, 5.41) is 3.12. The van der Waals surface area contributed by atoms with Crippen LogP contribution in [0, 0.1) is 0 Å². The number of amides is 1. The molecule has 0 bridgehead atoms. The third-order valence-corrected chi connectivity index (χ3v) is 3.10. The van der Waals surface area contributed by atoms with Gasteiger partial charge in [-0.05, 0) is 37.3 Å². The molecule has 2 rings (SSSR count). The number of halogens is 1. The Labute approximate surface area is 139 Å². The van der Waals surface area contributed by atoms with E-state index in [9.17, 15) is 9.59 Å². The van der Waals surface area contributed by atoms with Crippen LogP contribution in [0.5, 0.6) is 5.75 Å². The smallest absolute Gasteiger partial charge is 0.344 e. The molecule has 0 saturated carbocycles. The van der Waals surface area contributed by atoms with E-state index in [1.807, 2.05) is 6.07 Å². The van der Waals surface area contributed by atoms with E-state index >= 15 is 0 Å². The molecule has 0 spiro atoms. The van der Waals surface area contributed by atoms with Gasteiger partial charge in [-0.1, -0.05) is 35.9 Å². The van der Waals surface area contributed by atoms with Crippen molar-refractivity contribution >= 4 is 29.2 Å². The Hall–Kier alpha value is -2.53. The number of esters is 1. The number of carbonyl (C=O) groups is 2. The molecule has 2 aromatic carbocycles. The van der Waals surface area contributed by atoms with Gasteiger partial charge in [0.1, 0.15) is 5.75 Å². The highest BCUT2D eigenvalue weighted by Gasteiger charge is 2.18. The predicted octanol–water partition coefficient (Wildman–Crippen LogP) is 3.29. The van der Waals surface area contributed by atoms with E-state index in [2.05, 4.69) is 5.32 Å². The largest absolute Gasteiger partial charge is 0.482 e. The Kier molecular flexibility index (Phi) is 6.00. The molecule has 1 atom stereocenters. The average molecular weight is 334 g/mol. The molecule has 120 valence electrons. The summed E-state index contributed by atoms with van der Waals surface area (Å²) in [5.41, 5.74) is 0.533. The topological polar surface area (TPSA) is 64.6 Å². The van der Waals surface area contributed by atoms with Crippen LogP contribution in [0.3, 0.4) is 0 Å². The Morgan fingerprint density at radius 2 is 1.87 bits per heavy atom. The minimum atomic E-state index is -0.944. The van der Waals surface area contributed by atoms with Crippen molar-refractivity contribution in [1.29, 1.82) is 0 Å². The van der Waals surface area contributed by atoms with E-state index < -0.39 is 18.0 Å². The first kappa shape index (κ1) is 16.8. The second-order valence-corrected chi connectivity index (χ2v) is 5.17. The first-order valence-corrected chi connectivity index (χ1v) is 7.36. The average Bonchev–Trinajstić information content (AvgIpc) is 2.54. The second kappa shape index (κ2) is 8.19. The van der Waals surface area contributed by atoms with Gasteiger partial charge < -0.3 is 14.8 Å². The molecule has 0 aliphatic carbocycles. The molecule has 6 heteroatoms. The number of rotatable bonds is 6. The Bertz CT molecular complexity index is 675. The maximum absolute atomic E-state index is 12.0. The highest BCUT2D eigenvalue weighted by atomic mass is 35.5. The summed E-state index contributed by atoms with van der Waals surface area (Å²) >= 11 is 5.84. The fourth-order valence-corrected chi connectivity index (χ4v) is 1.94. The number of para-hydroxylation sites is 1. The molecular formula is C17H16ClNO4. The SMILES string of the molecule is CC(OC(=O)COc1ccccc1)C(=O)Nc1cccc(Cl)c1. The summed E-state index contributed by atoms with van der Waals surface area (Å²) in [7, 11) is 0. The van der Waals surface area contributed by atoms with E-state index in [0.717, 1.165) is 0 Å². The van der Waals surface area contributed by atoms with Crippen molar-refractivity contribution < 1.29 is 19.1 Å². The van der Waals surface area contributed by atoms with Crippen LogP contribution in [0.2, 0.25) is 5.02 Å². The van der Waals surface area contributed by atoms with Gasteiger partial charge >= 0.3 is 5.97 Å². The van der Waals surface area contributed by atoms with Gasteiger partial charge in [-0.2, -0.15) is 0 Å². The number of anilines is 1. The summed E-state index contributed by atoms with van der Waals surface area (Å²) in [6.07, 6.45) is -0.944. The maximum atomic E-state index is 12.0. The standard InChI is InChI=1S/C17H16ClNO4/c1-12(17(21)19-14-7-5-6-13(18)10-14)23-16(20)11-22-15-8-3-2-4-9-15/h2-10,12H,11H2,1H3,(H,19,21). The lowest BCUT2D eigenvalue weighted by Gasteiger charge is -2.14. The van der Waals surface area contributed by atoms with Crippen LogP contribution < -0.4 is 10.1 Å². The van der Waals surface area contributed by atoms with Gasteiger partial charge in [0.05, 0.1) is 0 Å². The molecule has 1 amide bonds. The molecule has 0 aliphatic rings. The maximum Gasteiger partial charge on any atom is 0.344 e. The fourth-order valence-electron chi connectivity index (χ4n) is 1.75. The Morgan fingerprint density at radius 3 is 2.57 bits per heavy atom. The molecule has 0 saturated heterocycles. The van der Waals surface area contributed by atoms with Gasteiger partial charge in [0.15, 0.2) is 12.7 Å². The van der Waals surface area contributed by atoms with Crippen molar-refractivity contribution in [2.75, 3.05) is 11.9 Å². The fraction of sp³-hybridized carbons (Fsp3) is 0.176. The van der Waals surface area contributed by atoms with Crippen LogP contribution >= 0.6 is 11.6 Å². The summed E-state index contributed by atoms with van der Waals surface area (Å²) in [6, 6.07) is 15.6. The van der Waals surface area contributed by atoms with Crippen molar-refractivity contribution in [3.63, 3.8) is 0 Å². The van der Waals surface area contributed by atoms with E-state index in [0.29, 0.717) is 16.5 Å². The molecule has 5 nitrogen and oxygen atoms in total.